The molecule has 1 nitrogen and oxygen atoms in total. The Balaban J connectivity index is 0. The van der Waals surface area contributed by atoms with Gasteiger partial charge >= 0.3 is 0 Å². The number of hydrogen-bond donors (Lipinski definition) is 1. The third-order valence-corrected chi connectivity index (χ3v) is 0.429. The van der Waals surface area contributed by atoms with Crippen molar-refractivity contribution in [3.05, 3.63) is 11.1 Å². The highest BCUT2D eigenvalue weighted by atomic mass is 35.5. The van der Waals surface area contributed by atoms with Crippen molar-refractivity contribution in [2.24, 2.45) is 0 Å². The van der Waals surface area contributed by atoms with Crippen LogP contribution in [0.1, 0.15) is 6.92 Å². The predicted molar refractivity (Wildman–Crippen MR) is 33.6 cm³/mol. The van der Waals surface area contributed by atoms with Crippen LogP contribution in [0.25, 0.3) is 0 Å². The van der Waals surface area contributed by atoms with Gasteiger partial charge in [-0.05, 0) is 6.92 Å². The van der Waals surface area contributed by atoms with Gasteiger partial charge in [0.2, 0.25) is 0 Å². The lowest BCUT2D eigenvalue weighted by Gasteiger charge is -1.52. The first-order chi connectivity index (χ1) is 3.33. The number of rotatable bonds is 0. The van der Waals surface area contributed by atoms with E-state index in [1.54, 1.807) is 6.92 Å². The normalized spacial score (nSPS) is 8.00. The van der Waals surface area contributed by atoms with Gasteiger partial charge in [0.25, 0.3) is 0 Å². The van der Waals surface area contributed by atoms with E-state index >= 15 is 0 Å². The second-order valence-corrected chi connectivity index (χ2v) is 1.07. The molecule has 3 heteroatoms. The van der Waals surface area contributed by atoms with Gasteiger partial charge in [0.1, 0.15) is 0 Å². The van der Waals surface area contributed by atoms with E-state index in [1.807, 2.05) is 0 Å². The van der Waals surface area contributed by atoms with E-state index < -0.39 is 0 Å². The second-order valence-electron chi connectivity index (χ2n) is 0.568. The minimum atomic E-state index is 0.250. The molecule has 0 saturated carbocycles. The van der Waals surface area contributed by atoms with Crippen molar-refractivity contribution in [1.82, 2.24) is 0 Å². The molecule has 0 spiro atoms. The van der Waals surface area contributed by atoms with Crippen LogP contribution < -0.4 is 0 Å². The van der Waals surface area contributed by atoms with Crippen LogP contribution in [0.4, 0.5) is 0 Å². The molecule has 7 heavy (non-hydrogen) atoms. The van der Waals surface area contributed by atoms with Gasteiger partial charge in [0.15, 0.2) is 0 Å². The van der Waals surface area contributed by atoms with Gasteiger partial charge in [-0.2, -0.15) is 0 Å². The molecule has 0 atom stereocenters. The van der Waals surface area contributed by atoms with Crippen molar-refractivity contribution in [3.63, 3.8) is 0 Å². The highest BCUT2D eigenvalue weighted by Crippen LogP contribution is 1.78. The second kappa shape index (κ2) is 16.3. The van der Waals surface area contributed by atoms with Crippen LogP contribution in [0, 0.1) is 0 Å². The maximum absolute atomic E-state index is 7.57. The highest BCUT2D eigenvalue weighted by Gasteiger charge is 1.40. The Labute approximate surface area is 53.6 Å². The Morgan fingerprint density at radius 3 is 1.57 bits per heavy atom. The van der Waals surface area contributed by atoms with Crippen molar-refractivity contribution in [2.75, 3.05) is 6.61 Å². The van der Waals surface area contributed by atoms with Gasteiger partial charge in [0, 0.05) is 17.7 Å². The Morgan fingerprint density at radius 2 is 1.57 bits per heavy atom. The summed E-state index contributed by atoms with van der Waals surface area (Å²) < 4.78 is 0. The Hall–Kier alpha value is 0.280. The molecule has 0 aliphatic heterocycles. The smallest absolute Gasteiger partial charge is 0.0402 e. The largest absolute Gasteiger partial charge is 0.397 e. The van der Waals surface area contributed by atoms with E-state index in [-0.39, 0.29) is 6.61 Å². The molecule has 0 bridgehead atoms. The Bertz CT molecular complexity index is 32.7. The molecule has 0 amide bonds. The number of hydrogen-bond acceptors (Lipinski definition) is 1. The molecule has 0 aliphatic rings. The first-order valence-electron chi connectivity index (χ1n) is 1.79. The molecule has 0 aliphatic carbocycles. The minimum absolute atomic E-state index is 0.250. The van der Waals surface area contributed by atoms with Crippen molar-refractivity contribution in [1.29, 1.82) is 0 Å². The molecule has 0 radical (unpaired) electrons. The zero-order chi connectivity index (χ0) is 6.12. The number of aliphatic hydroxyl groups is 1. The zero-order valence-electron chi connectivity index (χ0n) is 4.06. The lowest BCUT2D eigenvalue weighted by atomic mass is 10.9. The van der Waals surface area contributed by atoms with Crippen LogP contribution in [-0.2, 0) is 0 Å². The lowest BCUT2D eigenvalue weighted by molar-refractivity contribution is 0.318. The fourth-order valence-electron chi connectivity index (χ4n) is 0. The van der Waals surface area contributed by atoms with Crippen molar-refractivity contribution in [2.45, 2.75) is 6.92 Å². The summed E-state index contributed by atoms with van der Waals surface area (Å²) in [6.07, 6.45) is 0. The van der Waals surface area contributed by atoms with E-state index in [1.165, 1.54) is 11.1 Å². The molecule has 0 fully saturated rings. The molecule has 0 aromatic heterocycles. The van der Waals surface area contributed by atoms with E-state index in [4.69, 9.17) is 28.3 Å². The van der Waals surface area contributed by atoms with Gasteiger partial charge < -0.3 is 5.11 Å². The van der Waals surface area contributed by atoms with Gasteiger partial charge in [-0.15, -0.1) is 0 Å². The zero-order valence-corrected chi connectivity index (χ0v) is 5.58. The topological polar surface area (TPSA) is 20.2 Å². The highest BCUT2D eigenvalue weighted by molar-refractivity contribution is 6.33. The monoisotopic (exact) mass is 142 g/mol. The summed E-state index contributed by atoms with van der Waals surface area (Å²) in [6.45, 7) is 1.93. The summed E-state index contributed by atoms with van der Waals surface area (Å²) in [5, 5.41) is 7.57. The molecule has 44 valence electrons. The molecular formula is C4H8Cl2O. The Morgan fingerprint density at radius 1 is 1.43 bits per heavy atom. The number of aliphatic hydroxyl groups excluding tert-OH is 1. The first-order valence-corrected chi connectivity index (χ1v) is 2.67. The van der Waals surface area contributed by atoms with Gasteiger partial charge in [0.05, 0.1) is 0 Å². The molecule has 0 aromatic carbocycles. The molecule has 1 N–H and O–H groups in total. The van der Waals surface area contributed by atoms with E-state index in [0.717, 1.165) is 0 Å². The maximum atomic E-state index is 7.57. The quantitative estimate of drug-likeness (QED) is 0.549. The third-order valence-electron chi connectivity index (χ3n) is 0.0476. The van der Waals surface area contributed by atoms with Crippen molar-refractivity contribution < 1.29 is 5.11 Å². The summed E-state index contributed by atoms with van der Waals surface area (Å²) in [7, 11) is 0. The molecule has 0 aromatic rings. The molecule has 0 heterocycles. The molecular weight excluding hydrogens is 135 g/mol. The van der Waals surface area contributed by atoms with Crippen LogP contribution >= 0.6 is 23.2 Å². The SMILES string of the molecule is CCO.Cl/C=C/Cl. The van der Waals surface area contributed by atoms with Crippen LogP contribution in [-0.4, -0.2) is 11.7 Å². The standard InChI is InChI=1S/C2H2Cl2.C2H6O/c3-1-2-4;1-2-3/h1-2H;3H,2H2,1H3/b2-1+;. The van der Waals surface area contributed by atoms with Crippen LogP contribution in [0.3, 0.4) is 0 Å². The summed E-state index contributed by atoms with van der Waals surface area (Å²) >= 11 is 9.75. The van der Waals surface area contributed by atoms with Gasteiger partial charge in [-0.1, -0.05) is 23.2 Å². The summed E-state index contributed by atoms with van der Waals surface area (Å²) in [5.74, 6) is 0. The van der Waals surface area contributed by atoms with Gasteiger partial charge in [-0.3, -0.25) is 0 Å². The molecule has 0 saturated heterocycles. The minimum Gasteiger partial charge on any atom is -0.397 e. The first kappa shape index (κ1) is 10.3. The average molecular weight is 143 g/mol. The molecule has 0 unspecified atom stereocenters. The number of halogens is 2. The van der Waals surface area contributed by atoms with Gasteiger partial charge in [-0.25, -0.2) is 0 Å². The van der Waals surface area contributed by atoms with Crippen molar-refractivity contribution in [3.8, 4) is 0 Å². The summed E-state index contributed by atoms with van der Waals surface area (Å²) in [4.78, 5) is 0. The average Bonchev–Trinajstić information content (AvgIpc) is 1.69. The lowest BCUT2D eigenvalue weighted by Crippen LogP contribution is -1.57. The van der Waals surface area contributed by atoms with E-state index in [9.17, 15) is 0 Å². The van der Waals surface area contributed by atoms with E-state index in [2.05, 4.69) is 0 Å². The molecule has 0 rings (SSSR count). The third kappa shape index (κ3) is 70.2. The van der Waals surface area contributed by atoms with E-state index in [0.29, 0.717) is 0 Å². The summed E-state index contributed by atoms with van der Waals surface area (Å²) in [6, 6.07) is 0. The van der Waals surface area contributed by atoms with Crippen LogP contribution in [0.15, 0.2) is 11.1 Å². The maximum Gasteiger partial charge on any atom is 0.0402 e. The predicted octanol–water partition coefficient (Wildman–Crippen LogP) is 1.93. The van der Waals surface area contributed by atoms with Crippen LogP contribution in [0.5, 0.6) is 0 Å². The van der Waals surface area contributed by atoms with Crippen LogP contribution in [0.2, 0.25) is 0 Å². The van der Waals surface area contributed by atoms with Crippen molar-refractivity contribution >= 4 is 23.2 Å². The Kier molecular flexibility index (Phi) is 23.9. The fraction of sp³-hybridized carbons (Fsp3) is 0.500. The summed E-state index contributed by atoms with van der Waals surface area (Å²) in [5.41, 5.74) is 2.48. The fourth-order valence-corrected chi connectivity index (χ4v) is 0.